The van der Waals surface area contributed by atoms with Crippen LogP contribution in [0.5, 0.6) is 0 Å². The van der Waals surface area contributed by atoms with Gasteiger partial charge in [-0.15, -0.1) is 0 Å². The van der Waals surface area contributed by atoms with E-state index in [0.717, 1.165) is 16.8 Å². The van der Waals surface area contributed by atoms with E-state index in [0.29, 0.717) is 6.54 Å². The van der Waals surface area contributed by atoms with Crippen molar-refractivity contribution in [2.24, 2.45) is 0 Å². The summed E-state index contributed by atoms with van der Waals surface area (Å²) in [5.74, 6) is -1.28. The van der Waals surface area contributed by atoms with Crippen LogP contribution in [-0.4, -0.2) is 56.4 Å². The molecular weight excluding hydrogens is 342 g/mol. The fourth-order valence-electron chi connectivity index (χ4n) is 2.63. The molecule has 0 bridgehead atoms. The number of nitrogens with zero attached hydrogens (tertiary/aromatic N) is 3. The molecule has 2 amide bonds. The number of carbonyl (C=O) groups excluding carboxylic acids is 2. The molecule has 0 radical (unpaired) electrons. The van der Waals surface area contributed by atoms with Gasteiger partial charge in [0.05, 0.1) is 6.04 Å². The monoisotopic (exact) mass is 369 g/mol. The number of anilines is 1. The van der Waals surface area contributed by atoms with Gasteiger partial charge in [0.25, 0.3) is 0 Å². The molecule has 1 aromatic carbocycles. The number of rotatable bonds is 7. The zero-order chi connectivity index (χ0) is 19.8. The summed E-state index contributed by atoms with van der Waals surface area (Å²) < 4.78 is 0. The molecular formula is C20H27N5O2. The number of amides is 2. The molecule has 7 heteroatoms. The number of nitrogens with one attached hydrogen (secondary N) is 2. The average Bonchev–Trinajstić information content (AvgIpc) is 2.67. The Labute approximate surface area is 160 Å². The van der Waals surface area contributed by atoms with Crippen LogP contribution in [0.15, 0.2) is 48.8 Å². The number of aromatic nitrogens is 1. The lowest BCUT2D eigenvalue weighted by molar-refractivity contribution is -0.139. The normalized spacial score (nSPS) is 11.7. The molecule has 144 valence electrons. The first-order valence-electron chi connectivity index (χ1n) is 8.77. The van der Waals surface area contributed by atoms with Crippen LogP contribution in [0.4, 0.5) is 5.69 Å². The van der Waals surface area contributed by atoms with E-state index in [1.807, 2.05) is 62.3 Å². The van der Waals surface area contributed by atoms with Gasteiger partial charge in [-0.1, -0.05) is 12.1 Å². The Kier molecular flexibility index (Phi) is 7.31. The van der Waals surface area contributed by atoms with Crippen LogP contribution in [0.25, 0.3) is 0 Å². The molecule has 0 saturated carbocycles. The molecule has 7 nitrogen and oxygen atoms in total. The molecule has 27 heavy (non-hydrogen) atoms. The fourth-order valence-corrected chi connectivity index (χ4v) is 2.63. The lowest BCUT2D eigenvalue weighted by Gasteiger charge is -2.25. The molecule has 0 spiro atoms. The maximum absolute atomic E-state index is 12.1. The van der Waals surface area contributed by atoms with Gasteiger partial charge in [0.15, 0.2) is 0 Å². The van der Waals surface area contributed by atoms with E-state index in [-0.39, 0.29) is 12.6 Å². The Balaban J connectivity index is 1.90. The molecule has 1 heterocycles. The first kappa shape index (κ1) is 20.4. The number of likely N-dealkylation sites (N-methyl/N-ethyl adjacent to an activating group) is 1. The predicted octanol–water partition coefficient (Wildman–Crippen LogP) is 1.18. The van der Waals surface area contributed by atoms with E-state index in [9.17, 15) is 9.59 Å². The van der Waals surface area contributed by atoms with Crippen molar-refractivity contribution in [2.45, 2.75) is 12.6 Å². The molecule has 0 aliphatic rings. The maximum atomic E-state index is 12.1. The van der Waals surface area contributed by atoms with Crippen LogP contribution in [0.1, 0.15) is 17.2 Å². The van der Waals surface area contributed by atoms with Crippen molar-refractivity contribution in [2.75, 3.05) is 39.6 Å². The highest BCUT2D eigenvalue weighted by Crippen LogP contribution is 2.20. The van der Waals surface area contributed by atoms with Crippen molar-refractivity contribution in [1.82, 2.24) is 20.5 Å². The van der Waals surface area contributed by atoms with Crippen molar-refractivity contribution < 1.29 is 9.59 Å². The van der Waals surface area contributed by atoms with E-state index in [2.05, 4.69) is 15.6 Å². The minimum atomic E-state index is -0.646. The van der Waals surface area contributed by atoms with Crippen LogP contribution in [0.3, 0.4) is 0 Å². The third kappa shape index (κ3) is 6.07. The van der Waals surface area contributed by atoms with E-state index in [1.165, 1.54) is 0 Å². The summed E-state index contributed by atoms with van der Waals surface area (Å²) in [6.07, 6.45) is 3.29. The van der Waals surface area contributed by atoms with Crippen LogP contribution in [0, 0.1) is 0 Å². The third-order valence-corrected chi connectivity index (χ3v) is 4.28. The van der Waals surface area contributed by atoms with E-state index >= 15 is 0 Å². The average molecular weight is 369 g/mol. The summed E-state index contributed by atoms with van der Waals surface area (Å²) in [7, 11) is 7.87. The largest absolute Gasteiger partial charge is 0.378 e. The van der Waals surface area contributed by atoms with Gasteiger partial charge in [0.1, 0.15) is 0 Å². The number of benzene rings is 1. The highest BCUT2D eigenvalue weighted by Gasteiger charge is 2.18. The van der Waals surface area contributed by atoms with Crippen molar-refractivity contribution >= 4 is 17.5 Å². The lowest BCUT2D eigenvalue weighted by atomic mass is 10.1. The molecule has 0 saturated heterocycles. The molecule has 1 aromatic heterocycles. The van der Waals surface area contributed by atoms with Gasteiger partial charge >= 0.3 is 11.8 Å². The van der Waals surface area contributed by atoms with Crippen molar-refractivity contribution in [3.05, 3.63) is 59.9 Å². The fraction of sp³-hybridized carbons (Fsp3) is 0.350. The van der Waals surface area contributed by atoms with Gasteiger partial charge in [-0.3, -0.25) is 14.6 Å². The predicted molar refractivity (Wildman–Crippen MR) is 106 cm³/mol. The van der Waals surface area contributed by atoms with Gasteiger partial charge < -0.3 is 20.4 Å². The van der Waals surface area contributed by atoms with Crippen LogP contribution in [-0.2, 0) is 16.1 Å². The minimum Gasteiger partial charge on any atom is -0.378 e. The number of carbonyl (C=O) groups is 2. The van der Waals surface area contributed by atoms with Crippen molar-refractivity contribution in [1.29, 1.82) is 0 Å². The van der Waals surface area contributed by atoms with E-state index in [4.69, 9.17) is 0 Å². The molecule has 2 N–H and O–H groups in total. The Hall–Kier alpha value is -2.93. The van der Waals surface area contributed by atoms with Crippen LogP contribution in [0.2, 0.25) is 0 Å². The smallest absolute Gasteiger partial charge is 0.309 e. The second-order valence-corrected chi connectivity index (χ2v) is 6.71. The third-order valence-electron chi connectivity index (χ3n) is 4.28. The number of hydrogen-bond donors (Lipinski definition) is 2. The molecule has 0 fully saturated rings. The Morgan fingerprint density at radius 1 is 0.926 bits per heavy atom. The summed E-state index contributed by atoms with van der Waals surface area (Å²) in [6.45, 7) is 0.633. The van der Waals surface area contributed by atoms with Crippen LogP contribution >= 0.6 is 0 Å². The first-order chi connectivity index (χ1) is 12.9. The van der Waals surface area contributed by atoms with Crippen molar-refractivity contribution in [3.63, 3.8) is 0 Å². The Morgan fingerprint density at radius 3 is 2.07 bits per heavy atom. The van der Waals surface area contributed by atoms with Gasteiger partial charge in [-0.25, -0.2) is 0 Å². The molecule has 1 atom stereocenters. The second-order valence-electron chi connectivity index (χ2n) is 6.71. The number of hydrogen-bond acceptors (Lipinski definition) is 5. The maximum Gasteiger partial charge on any atom is 0.309 e. The highest BCUT2D eigenvalue weighted by molar-refractivity contribution is 6.35. The SMILES string of the molecule is CN(C)c1ccc([C@H](CNC(=O)C(=O)NCc2ccncc2)N(C)C)cc1. The van der Waals surface area contributed by atoms with E-state index < -0.39 is 11.8 Å². The van der Waals surface area contributed by atoms with Crippen molar-refractivity contribution in [3.8, 4) is 0 Å². The van der Waals surface area contributed by atoms with Gasteiger partial charge in [-0.2, -0.15) is 0 Å². The Bertz CT molecular complexity index is 745. The minimum absolute atomic E-state index is 0.0295. The zero-order valence-electron chi connectivity index (χ0n) is 16.3. The molecule has 2 rings (SSSR count). The molecule has 0 unspecified atom stereocenters. The summed E-state index contributed by atoms with van der Waals surface area (Å²) in [5, 5.41) is 5.33. The second kappa shape index (κ2) is 9.68. The number of pyridine rings is 1. The topological polar surface area (TPSA) is 77.6 Å². The zero-order valence-corrected chi connectivity index (χ0v) is 16.3. The molecule has 0 aliphatic heterocycles. The first-order valence-corrected chi connectivity index (χ1v) is 8.77. The van der Waals surface area contributed by atoms with Gasteiger partial charge in [-0.05, 0) is 49.5 Å². The highest BCUT2D eigenvalue weighted by atomic mass is 16.2. The van der Waals surface area contributed by atoms with Gasteiger partial charge in [0.2, 0.25) is 0 Å². The lowest BCUT2D eigenvalue weighted by Crippen LogP contribution is -2.42. The summed E-state index contributed by atoms with van der Waals surface area (Å²) in [5.41, 5.74) is 3.07. The summed E-state index contributed by atoms with van der Waals surface area (Å²) in [4.78, 5) is 32.1. The molecule has 0 aliphatic carbocycles. The quantitative estimate of drug-likeness (QED) is 0.717. The standard InChI is InChI=1S/C20H27N5O2/c1-24(2)17-7-5-16(6-8-17)18(25(3)4)14-23-20(27)19(26)22-13-15-9-11-21-12-10-15/h5-12,18H,13-14H2,1-4H3,(H,22,26)(H,23,27)/t18-/m0/s1. The Morgan fingerprint density at radius 2 is 1.52 bits per heavy atom. The summed E-state index contributed by atoms with van der Waals surface area (Å²) >= 11 is 0. The summed E-state index contributed by atoms with van der Waals surface area (Å²) in [6, 6.07) is 11.7. The van der Waals surface area contributed by atoms with Crippen LogP contribution < -0.4 is 15.5 Å². The van der Waals surface area contributed by atoms with Gasteiger partial charge in [0, 0.05) is 45.3 Å². The van der Waals surface area contributed by atoms with E-state index in [1.54, 1.807) is 24.5 Å². The molecule has 2 aromatic rings.